The minimum Gasteiger partial charge on any atom is -0.297 e. The maximum Gasteiger partial charge on any atom is 0.0135 e. The van der Waals surface area contributed by atoms with Gasteiger partial charge >= 0.3 is 0 Å². The summed E-state index contributed by atoms with van der Waals surface area (Å²) in [5.74, 6) is 5.80. The van der Waals surface area contributed by atoms with E-state index >= 15 is 0 Å². The van der Waals surface area contributed by atoms with Crippen molar-refractivity contribution in [1.29, 1.82) is 0 Å². The van der Waals surface area contributed by atoms with Gasteiger partial charge in [0.25, 0.3) is 0 Å². The van der Waals surface area contributed by atoms with Crippen molar-refractivity contribution in [2.75, 3.05) is 6.54 Å². The van der Waals surface area contributed by atoms with Gasteiger partial charge in [-0.3, -0.25) is 4.90 Å². The predicted octanol–water partition coefficient (Wildman–Crippen LogP) is 8.74. The van der Waals surface area contributed by atoms with Gasteiger partial charge in [-0.1, -0.05) is 73.5 Å². The first kappa shape index (κ1) is 24.8. The first-order valence-electron chi connectivity index (χ1n) is 14.9. The average Bonchev–Trinajstić information content (AvgIpc) is 3.33. The van der Waals surface area contributed by atoms with Crippen LogP contribution in [0.3, 0.4) is 0 Å². The Labute approximate surface area is 201 Å². The van der Waals surface area contributed by atoms with E-state index in [-0.39, 0.29) is 0 Å². The minimum atomic E-state index is 0.538. The summed E-state index contributed by atoms with van der Waals surface area (Å²) in [7, 11) is 0. The van der Waals surface area contributed by atoms with Gasteiger partial charge in [-0.05, 0) is 111 Å². The van der Waals surface area contributed by atoms with Crippen molar-refractivity contribution in [3.8, 4) is 0 Å². The van der Waals surface area contributed by atoms with Crippen molar-refractivity contribution in [3.05, 3.63) is 11.6 Å². The van der Waals surface area contributed by atoms with Gasteiger partial charge in [0.1, 0.15) is 0 Å². The van der Waals surface area contributed by atoms with Crippen LogP contribution >= 0.6 is 0 Å². The first-order chi connectivity index (χ1) is 15.4. The van der Waals surface area contributed by atoms with Gasteiger partial charge in [0, 0.05) is 12.1 Å². The zero-order chi connectivity index (χ0) is 23.3. The molecule has 1 heteroatoms. The van der Waals surface area contributed by atoms with Crippen molar-refractivity contribution in [2.45, 2.75) is 132 Å². The Morgan fingerprint density at radius 2 is 1.62 bits per heavy atom. The Balaban J connectivity index is 0.000000582. The normalized spacial score (nSPS) is 51.3. The van der Waals surface area contributed by atoms with Crippen LogP contribution in [-0.4, -0.2) is 23.5 Å². The van der Waals surface area contributed by atoms with Crippen molar-refractivity contribution in [3.63, 3.8) is 0 Å². The molecule has 6 rings (SSSR count). The molecule has 10 unspecified atom stereocenters. The summed E-state index contributed by atoms with van der Waals surface area (Å²) >= 11 is 0. The van der Waals surface area contributed by atoms with Crippen LogP contribution in [0, 0.1) is 46.3 Å². The van der Waals surface area contributed by atoms with Gasteiger partial charge in [-0.15, -0.1) is 0 Å². The lowest BCUT2D eigenvalue weighted by Gasteiger charge is -2.60. The minimum absolute atomic E-state index is 0.538. The van der Waals surface area contributed by atoms with Crippen LogP contribution in [0.25, 0.3) is 0 Å². The number of rotatable bonds is 0. The van der Waals surface area contributed by atoms with Crippen LogP contribution in [0.2, 0.25) is 0 Å². The quantitative estimate of drug-likeness (QED) is 0.340. The molecule has 6 aliphatic rings. The van der Waals surface area contributed by atoms with E-state index in [9.17, 15) is 0 Å². The lowest BCUT2D eigenvalue weighted by Crippen LogP contribution is -2.53. The number of hydrogen-bond donors (Lipinski definition) is 0. The van der Waals surface area contributed by atoms with Crippen LogP contribution in [0.15, 0.2) is 11.6 Å². The molecule has 0 radical (unpaired) electrons. The van der Waals surface area contributed by atoms with Gasteiger partial charge in [0.15, 0.2) is 0 Å². The predicted molar refractivity (Wildman–Crippen MR) is 140 cm³/mol. The first-order valence-corrected chi connectivity index (χ1v) is 14.9. The smallest absolute Gasteiger partial charge is 0.0135 e. The Morgan fingerprint density at radius 3 is 2.38 bits per heavy atom. The summed E-state index contributed by atoms with van der Waals surface area (Å²) in [5, 5.41) is 0. The van der Waals surface area contributed by atoms with Gasteiger partial charge < -0.3 is 0 Å². The van der Waals surface area contributed by atoms with Crippen molar-refractivity contribution >= 4 is 0 Å². The Kier molecular flexibility index (Phi) is 7.28. The van der Waals surface area contributed by atoms with E-state index in [1.165, 1.54) is 64.3 Å². The fourth-order valence-electron chi connectivity index (χ4n) is 10.1. The molecule has 4 aliphatic carbocycles. The molecule has 0 aromatic carbocycles. The molecule has 0 aromatic heterocycles. The third-order valence-corrected chi connectivity index (χ3v) is 11.8. The molecule has 32 heavy (non-hydrogen) atoms. The number of fused-ring (bicyclic) bond motifs is 9. The van der Waals surface area contributed by atoms with E-state index in [1.807, 2.05) is 33.3 Å². The third-order valence-electron chi connectivity index (χ3n) is 11.8. The maximum absolute atomic E-state index is 3.02. The van der Waals surface area contributed by atoms with Crippen molar-refractivity contribution < 1.29 is 0 Å². The highest BCUT2D eigenvalue weighted by Crippen LogP contribution is 2.70. The molecular formula is C31H55N. The standard InChI is InChI=1S/C27H43N.2C2H6/c1-17-10-11-26(3)19(13-17)8-9-21-22(26)14-18(2)27(4)23(21)16-25-24(27)15-20-7-5-6-12-28(20)25;2*1-2/h8,17-18,20-25H,5-7,9-16H2,1-4H3;2*1-2H3. The van der Waals surface area contributed by atoms with E-state index in [0.717, 1.165) is 47.6 Å². The van der Waals surface area contributed by atoms with Crippen LogP contribution in [0.5, 0.6) is 0 Å². The molecule has 3 saturated carbocycles. The van der Waals surface area contributed by atoms with Gasteiger partial charge in [0.2, 0.25) is 0 Å². The second kappa shape index (κ2) is 9.39. The van der Waals surface area contributed by atoms with Crippen LogP contribution < -0.4 is 0 Å². The number of hydrogen-bond acceptors (Lipinski definition) is 1. The van der Waals surface area contributed by atoms with E-state index in [2.05, 4.69) is 38.7 Å². The highest BCUT2D eigenvalue weighted by molar-refractivity contribution is 5.26. The molecule has 2 saturated heterocycles. The van der Waals surface area contributed by atoms with Crippen LogP contribution in [0.1, 0.15) is 120 Å². The average molecular weight is 442 g/mol. The largest absolute Gasteiger partial charge is 0.297 e. The molecule has 2 heterocycles. The summed E-state index contributed by atoms with van der Waals surface area (Å²) in [6.07, 6.45) is 17.6. The van der Waals surface area contributed by atoms with Gasteiger partial charge in [-0.2, -0.15) is 0 Å². The number of piperidine rings is 1. The van der Waals surface area contributed by atoms with E-state index < -0.39 is 0 Å². The maximum atomic E-state index is 3.02. The molecule has 1 nitrogen and oxygen atoms in total. The molecular weight excluding hydrogens is 386 g/mol. The zero-order valence-electron chi connectivity index (χ0n) is 22.9. The third kappa shape index (κ3) is 3.49. The second-order valence-electron chi connectivity index (χ2n) is 12.6. The topological polar surface area (TPSA) is 3.24 Å². The van der Waals surface area contributed by atoms with E-state index in [4.69, 9.17) is 0 Å². The SMILES string of the molecule is CC.CC.CC1CCC2(C)C(=CCC3C2CC(C)C2(C)C3CC3C2CC2CCCCN23)C1. The summed E-state index contributed by atoms with van der Waals surface area (Å²) in [5.41, 5.74) is 3.03. The summed E-state index contributed by atoms with van der Waals surface area (Å²) < 4.78 is 0. The summed E-state index contributed by atoms with van der Waals surface area (Å²) in [6.45, 7) is 20.0. The summed E-state index contributed by atoms with van der Waals surface area (Å²) in [6, 6.07) is 1.88. The molecule has 2 aliphatic heterocycles. The molecule has 5 fully saturated rings. The Hall–Kier alpha value is -0.300. The molecule has 0 amide bonds. The Morgan fingerprint density at radius 1 is 0.875 bits per heavy atom. The van der Waals surface area contributed by atoms with Gasteiger partial charge in [-0.25, -0.2) is 0 Å². The monoisotopic (exact) mass is 441 g/mol. The van der Waals surface area contributed by atoms with Crippen LogP contribution in [-0.2, 0) is 0 Å². The molecule has 0 N–H and O–H groups in total. The molecule has 0 aromatic rings. The van der Waals surface area contributed by atoms with Crippen LogP contribution in [0.4, 0.5) is 0 Å². The fraction of sp³-hybridized carbons (Fsp3) is 0.935. The molecule has 0 bridgehead atoms. The lowest BCUT2D eigenvalue weighted by atomic mass is 9.44. The molecule has 184 valence electrons. The highest BCUT2D eigenvalue weighted by atomic mass is 15.2. The van der Waals surface area contributed by atoms with E-state index in [1.54, 1.807) is 6.42 Å². The van der Waals surface area contributed by atoms with Gasteiger partial charge in [0.05, 0.1) is 0 Å². The number of allylic oxidation sites excluding steroid dienone is 2. The second-order valence-corrected chi connectivity index (χ2v) is 12.6. The molecule has 10 atom stereocenters. The summed E-state index contributed by atoms with van der Waals surface area (Å²) in [4.78, 5) is 3.02. The zero-order valence-corrected chi connectivity index (χ0v) is 22.9. The van der Waals surface area contributed by atoms with E-state index in [0.29, 0.717) is 10.8 Å². The van der Waals surface area contributed by atoms with Crippen molar-refractivity contribution in [2.24, 2.45) is 46.3 Å². The Bertz CT molecular complexity index is 680. The lowest BCUT2D eigenvalue weighted by molar-refractivity contribution is -0.0813. The number of nitrogens with zero attached hydrogens (tertiary/aromatic N) is 1. The molecule has 0 spiro atoms. The van der Waals surface area contributed by atoms with Crippen molar-refractivity contribution in [1.82, 2.24) is 4.90 Å². The highest BCUT2D eigenvalue weighted by Gasteiger charge is 2.66. The fourth-order valence-corrected chi connectivity index (χ4v) is 10.1.